The quantitative estimate of drug-likeness (QED) is 0.775. The number of hydrogen-bond donors (Lipinski definition) is 0. The van der Waals surface area contributed by atoms with E-state index in [2.05, 4.69) is 21.9 Å². The second-order valence-electron chi connectivity index (χ2n) is 6.50. The molecule has 1 saturated heterocycles. The number of rotatable bonds is 6. The first-order valence-corrected chi connectivity index (χ1v) is 8.97. The highest BCUT2D eigenvalue weighted by molar-refractivity contribution is 5.76. The second kappa shape index (κ2) is 8.27. The van der Waals surface area contributed by atoms with E-state index in [0.29, 0.717) is 32.7 Å². The van der Waals surface area contributed by atoms with Crippen molar-refractivity contribution >= 4 is 11.7 Å². The lowest BCUT2D eigenvalue weighted by molar-refractivity contribution is -0.139. The lowest BCUT2D eigenvalue weighted by atomic mass is 10.1. The summed E-state index contributed by atoms with van der Waals surface area (Å²) in [6.45, 7) is 4.33. The van der Waals surface area contributed by atoms with Crippen molar-refractivity contribution in [3.8, 4) is 0 Å². The Balaban J connectivity index is 1.64. The van der Waals surface area contributed by atoms with Crippen LogP contribution in [0.25, 0.3) is 0 Å². The van der Waals surface area contributed by atoms with Crippen molar-refractivity contribution in [2.75, 3.05) is 38.7 Å². The van der Waals surface area contributed by atoms with Gasteiger partial charge in [0.2, 0.25) is 5.91 Å². The number of ether oxygens (including phenoxy) is 1. The molecule has 8 heteroatoms. The van der Waals surface area contributed by atoms with E-state index in [1.54, 1.807) is 18.6 Å². The van der Waals surface area contributed by atoms with Gasteiger partial charge in [0.15, 0.2) is 5.82 Å². The first-order chi connectivity index (χ1) is 12.6. The maximum atomic E-state index is 12.7. The van der Waals surface area contributed by atoms with Crippen molar-refractivity contribution in [2.24, 2.45) is 0 Å². The van der Waals surface area contributed by atoms with Crippen molar-refractivity contribution in [1.29, 1.82) is 0 Å². The SMILES string of the molecule is CCc1nccn1CCC(=O)N1CCO[C@@H](c2nccnc2N(C)C)C1. The van der Waals surface area contributed by atoms with Crippen molar-refractivity contribution < 1.29 is 9.53 Å². The van der Waals surface area contributed by atoms with Crippen LogP contribution in [0.15, 0.2) is 24.8 Å². The minimum atomic E-state index is -0.252. The van der Waals surface area contributed by atoms with Gasteiger partial charge in [-0.25, -0.2) is 9.97 Å². The normalized spacial score (nSPS) is 17.3. The molecule has 3 rings (SSSR count). The summed E-state index contributed by atoms with van der Waals surface area (Å²) in [7, 11) is 3.85. The van der Waals surface area contributed by atoms with Crippen LogP contribution >= 0.6 is 0 Å². The predicted octanol–water partition coefficient (Wildman–Crippen LogP) is 1.29. The number of nitrogens with zero attached hydrogens (tertiary/aromatic N) is 6. The Morgan fingerprint density at radius 1 is 1.27 bits per heavy atom. The minimum absolute atomic E-state index is 0.129. The molecule has 0 aliphatic carbocycles. The Bertz CT molecular complexity index is 745. The van der Waals surface area contributed by atoms with E-state index in [1.807, 2.05) is 34.7 Å². The molecule has 0 N–H and O–H groups in total. The van der Waals surface area contributed by atoms with Crippen LogP contribution in [0, 0.1) is 0 Å². The van der Waals surface area contributed by atoms with E-state index in [9.17, 15) is 4.79 Å². The van der Waals surface area contributed by atoms with Crippen LogP contribution in [0.3, 0.4) is 0 Å². The first kappa shape index (κ1) is 18.3. The molecule has 0 radical (unpaired) electrons. The highest BCUT2D eigenvalue weighted by Crippen LogP contribution is 2.26. The smallest absolute Gasteiger partial charge is 0.224 e. The predicted molar refractivity (Wildman–Crippen MR) is 97.9 cm³/mol. The van der Waals surface area contributed by atoms with Crippen molar-refractivity contribution in [1.82, 2.24) is 24.4 Å². The summed E-state index contributed by atoms with van der Waals surface area (Å²) < 4.78 is 7.93. The zero-order valence-corrected chi connectivity index (χ0v) is 15.6. The molecular weight excluding hydrogens is 332 g/mol. The van der Waals surface area contributed by atoms with Crippen LogP contribution in [-0.4, -0.2) is 64.1 Å². The third-order valence-electron chi connectivity index (χ3n) is 4.54. The Hall–Kier alpha value is -2.48. The molecule has 3 heterocycles. The van der Waals surface area contributed by atoms with Gasteiger partial charge >= 0.3 is 0 Å². The molecule has 0 unspecified atom stereocenters. The number of anilines is 1. The number of aromatic nitrogens is 4. The van der Waals surface area contributed by atoms with Crippen molar-refractivity contribution in [3.05, 3.63) is 36.3 Å². The van der Waals surface area contributed by atoms with E-state index >= 15 is 0 Å². The molecule has 1 fully saturated rings. The molecule has 0 saturated carbocycles. The Kier molecular flexibility index (Phi) is 5.82. The Morgan fingerprint density at radius 2 is 2.08 bits per heavy atom. The van der Waals surface area contributed by atoms with E-state index in [-0.39, 0.29) is 12.0 Å². The molecular formula is C18H26N6O2. The van der Waals surface area contributed by atoms with Gasteiger partial charge in [-0.3, -0.25) is 9.78 Å². The van der Waals surface area contributed by atoms with Crippen LogP contribution in [0.5, 0.6) is 0 Å². The van der Waals surface area contributed by atoms with Gasteiger partial charge in [0.1, 0.15) is 17.6 Å². The van der Waals surface area contributed by atoms with Gasteiger partial charge in [-0.05, 0) is 0 Å². The average Bonchev–Trinajstić information content (AvgIpc) is 3.13. The van der Waals surface area contributed by atoms with Crippen molar-refractivity contribution in [3.63, 3.8) is 0 Å². The minimum Gasteiger partial charge on any atom is -0.368 e. The van der Waals surface area contributed by atoms with E-state index in [0.717, 1.165) is 23.8 Å². The van der Waals surface area contributed by atoms with Gasteiger partial charge in [-0.1, -0.05) is 6.92 Å². The topological polar surface area (TPSA) is 76.4 Å². The summed E-state index contributed by atoms with van der Waals surface area (Å²) in [6, 6.07) is 0. The highest BCUT2D eigenvalue weighted by Gasteiger charge is 2.28. The van der Waals surface area contributed by atoms with Gasteiger partial charge in [0.05, 0.1) is 13.2 Å². The van der Waals surface area contributed by atoms with Crippen molar-refractivity contribution in [2.45, 2.75) is 32.4 Å². The molecule has 0 bridgehead atoms. The maximum Gasteiger partial charge on any atom is 0.224 e. The van der Waals surface area contributed by atoms with E-state index in [1.165, 1.54) is 0 Å². The number of imidazole rings is 1. The van der Waals surface area contributed by atoms with E-state index < -0.39 is 0 Å². The molecule has 1 aliphatic heterocycles. The van der Waals surface area contributed by atoms with Gasteiger partial charge in [-0.2, -0.15) is 0 Å². The molecule has 0 aromatic carbocycles. The van der Waals surface area contributed by atoms with E-state index in [4.69, 9.17) is 4.74 Å². The molecule has 8 nitrogen and oxygen atoms in total. The van der Waals surface area contributed by atoms with Crippen LogP contribution in [0.1, 0.15) is 31.0 Å². The number of carbonyl (C=O) groups is 1. The molecule has 140 valence electrons. The first-order valence-electron chi connectivity index (χ1n) is 8.97. The third-order valence-corrected chi connectivity index (χ3v) is 4.54. The second-order valence-corrected chi connectivity index (χ2v) is 6.50. The fraction of sp³-hybridized carbons (Fsp3) is 0.556. The van der Waals surface area contributed by atoms with Gasteiger partial charge in [0.25, 0.3) is 0 Å². The number of amides is 1. The summed E-state index contributed by atoms with van der Waals surface area (Å²) >= 11 is 0. The molecule has 2 aromatic rings. The summed E-state index contributed by atoms with van der Waals surface area (Å²) in [5.41, 5.74) is 0.776. The number of morpholine rings is 1. The lowest BCUT2D eigenvalue weighted by Gasteiger charge is -2.33. The van der Waals surface area contributed by atoms with Gasteiger partial charge in [-0.15, -0.1) is 0 Å². The number of aryl methyl sites for hydroxylation is 2. The number of hydrogen-bond acceptors (Lipinski definition) is 6. The summed E-state index contributed by atoms with van der Waals surface area (Å²) in [6.07, 6.45) is 8.11. The average molecular weight is 358 g/mol. The highest BCUT2D eigenvalue weighted by atomic mass is 16.5. The zero-order valence-electron chi connectivity index (χ0n) is 15.6. The molecule has 0 spiro atoms. The Morgan fingerprint density at radius 3 is 2.85 bits per heavy atom. The molecule has 1 atom stereocenters. The summed E-state index contributed by atoms with van der Waals surface area (Å²) in [4.78, 5) is 29.6. The third kappa shape index (κ3) is 4.01. The standard InChI is InChI=1S/C18H26N6O2/c1-4-15-19-8-10-23(15)9-5-16(25)24-11-12-26-14(13-24)17-18(22(2)3)21-7-6-20-17/h6-8,10,14H,4-5,9,11-13H2,1-3H3/t14-/m1/s1. The van der Waals surface area contributed by atoms with Gasteiger partial charge in [0, 0.05) is 64.8 Å². The molecule has 26 heavy (non-hydrogen) atoms. The molecule has 1 aliphatic rings. The summed E-state index contributed by atoms with van der Waals surface area (Å²) in [5.74, 6) is 1.91. The Labute approximate surface area is 153 Å². The van der Waals surface area contributed by atoms with Crippen LogP contribution in [0.4, 0.5) is 5.82 Å². The largest absolute Gasteiger partial charge is 0.368 e. The fourth-order valence-corrected chi connectivity index (χ4v) is 3.19. The zero-order chi connectivity index (χ0) is 18.5. The monoisotopic (exact) mass is 358 g/mol. The molecule has 1 amide bonds. The summed E-state index contributed by atoms with van der Waals surface area (Å²) in [5, 5.41) is 0. The fourth-order valence-electron chi connectivity index (χ4n) is 3.19. The van der Waals surface area contributed by atoms with Crippen LogP contribution in [-0.2, 0) is 22.5 Å². The van der Waals surface area contributed by atoms with Gasteiger partial charge < -0.3 is 19.1 Å². The maximum absolute atomic E-state index is 12.7. The van der Waals surface area contributed by atoms with Crippen LogP contribution < -0.4 is 4.90 Å². The number of carbonyl (C=O) groups excluding carboxylic acids is 1. The van der Waals surface area contributed by atoms with Crippen LogP contribution in [0.2, 0.25) is 0 Å². The lowest BCUT2D eigenvalue weighted by Crippen LogP contribution is -2.43. The molecule has 2 aromatic heterocycles.